The monoisotopic (exact) mass is 319 g/mol. The highest BCUT2D eigenvalue weighted by Crippen LogP contribution is 2.44. The molecule has 0 atom stereocenters. The Hall–Kier alpha value is -2.44. The van der Waals surface area contributed by atoms with Gasteiger partial charge in [-0.3, -0.25) is 9.59 Å². The van der Waals surface area contributed by atoms with Crippen molar-refractivity contribution in [2.75, 3.05) is 6.54 Å². The molecule has 1 saturated carbocycles. The molecule has 6 nitrogen and oxygen atoms in total. The average molecular weight is 319 g/mol. The van der Waals surface area contributed by atoms with Crippen LogP contribution in [0.15, 0.2) is 18.2 Å². The number of carbonyl (C=O) groups excluding carboxylic acids is 1. The lowest BCUT2D eigenvalue weighted by Crippen LogP contribution is -2.42. The topological polar surface area (TPSA) is 95.1 Å². The predicted octanol–water partition coefficient (Wildman–Crippen LogP) is 2.01. The zero-order valence-electron chi connectivity index (χ0n) is 12.6. The number of aliphatic carboxylic acids is 1. The van der Waals surface area contributed by atoms with Crippen LogP contribution in [0, 0.1) is 11.2 Å². The lowest BCUT2D eigenvalue weighted by Gasteiger charge is -2.36. The predicted molar refractivity (Wildman–Crippen MR) is 81.3 cm³/mol. The minimum atomic E-state index is -0.891. The summed E-state index contributed by atoms with van der Waals surface area (Å²) in [5.74, 6) is -0.824. The number of nitrogens with zero attached hydrogens (tertiary/aromatic N) is 1. The summed E-state index contributed by atoms with van der Waals surface area (Å²) < 4.78 is 13.1. The fourth-order valence-corrected chi connectivity index (χ4v) is 2.91. The van der Waals surface area contributed by atoms with Crippen molar-refractivity contribution in [3.63, 3.8) is 0 Å². The first-order chi connectivity index (χ1) is 11.0. The number of aromatic nitrogens is 2. The molecule has 2 aromatic rings. The number of fused-ring (bicyclic) bond motifs is 1. The zero-order valence-corrected chi connectivity index (χ0v) is 12.6. The summed E-state index contributed by atoms with van der Waals surface area (Å²) in [4.78, 5) is 30.5. The molecule has 1 aliphatic rings. The highest BCUT2D eigenvalue weighted by Gasteiger charge is 2.45. The summed E-state index contributed by atoms with van der Waals surface area (Å²) in [7, 11) is 0. The summed E-state index contributed by atoms with van der Waals surface area (Å²) in [5, 5.41) is 11.9. The molecule has 1 amide bonds. The summed E-state index contributed by atoms with van der Waals surface area (Å²) in [6.45, 7) is 0.358. The van der Waals surface area contributed by atoms with E-state index in [1.54, 1.807) is 6.07 Å². The number of halogens is 1. The molecule has 7 heteroatoms. The number of carboxylic acid groups (broad SMARTS) is 1. The Morgan fingerprint density at radius 3 is 2.83 bits per heavy atom. The van der Waals surface area contributed by atoms with Gasteiger partial charge in [0.15, 0.2) is 0 Å². The third kappa shape index (κ3) is 3.18. The van der Waals surface area contributed by atoms with Crippen LogP contribution in [-0.2, 0) is 16.0 Å². The minimum absolute atomic E-state index is 0.0215. The van der Waals surface area contributed by atoms with E-state index < -0.39 is 11.4 Å². The number of H-pyrrole nitrogens is 1. The lowest BCUT2D eigenvalue weighted by atomic mass is 9.66. The van der Waals surface area contributed by atoms with Crippen LogP contribution < -0.4 is 5.32 Å². The standard InChI is InChI=1S/C16H18FN3O3/c17-10-2-3-11-12(8-10)20-13(19-11)4-7-18-14(21)9-16(15(22)23)5-1-6-16/h2-3,8H,1,4-7,9H2,(H,18,21)(H,19,20)(H,22,23). The van der Waals surface area contributed by atoms with Gasteiger partial charge in [-0.25, -0.2) is 9.37 Å². The number of rotatable bonds is 6. The highest BCUT2D eigenvalue weighted by atomic mass is 19.1. The van der Waals surface area contributed by atoms with Crippen LogP contribution in [0.1, 0.15) is 31.5 Å². The molecule has 0 bridgehead atoms. The molecule has 1 aliphatic carbocycles. The van der Waals surface area contributed by atoms with Gasteiger partial charge in [0.2, 0.25) is 5.91 Å². The molecular formula is C16H18FN3O3. The van der Waals surface area contributed by atoms with E-state index in [1.807, 2.05) is 0 Å². The van der Waals surface area contributed by atoms with Gasteiger partial charge in [0.1, 0.15) is 11.6 Å². The maximum absolute atomic E-state index is 13.1. The number of aromatic amines is 1. The molecule has 1 aromatic heterocycles. The first-order valence-electron chi connectivity index (χ1n) is 7.63. The Bertz CT molecular complexity index is 752. The van der Waals surface area contributed by atoms with E-state index in [2.05, 4.69) is 15.3 Å². The second-order valence-corrected chi connectivity index (χ2v) is 6.06. The molecule has 122 valence electrons. The number of hydrogen-bond donors (Lipinski definition) is 3. The van der Waals surface area contributed by atoms with Gasteiger partial charge in [0, 0.05) is 19.4 Å². The van der Waals surface area contributed by atoms with Crippen LogP contribution in [-0.4, -0.2) is 33.5 Å². The smallest absolute Gasteiger partial charge is 0.310 e. The van der Waals surface area contributed by atoms with Crippen molar-refractivity contribution in [2.45, 2.75) is 32.1 Å². The van der Waals surface area contributed by atoms with E-state index in [0.29, 0.717) is 42.7 Å². The van der Waals surface area contributed by atoms with Gasteiger partial charge in [-0.05, 0) is 31.0 Å². The number of imidazole rings is 1. The van der Waals surface area contributed by atoms with Crippen molar-refractivity contribution in [3.8, 4) is 0 Å². The van der Waals surface area contributed by atoms with E-state index in [-0.39, 0.29) is 18.1 Å². The van der Waals surface area contributed by atoms with E-state index in [1.165, 1.54) is 12.1 Å². The normalized spacial score (nSPS) is 16.0. The van der Waals surface area contributed by atoms with Crippen LogP contribution in [0.5, 0.6) is 0 Å². The third-order valence-corrected chi connectivity index (χ3v) is 4.44. The molecule has 3 N–H and O–H groups in total. The van der Waals surface area contributed by atoms with Gasteiger partial charge >= 0.3 is 5.97 Å². The van der Waals surface area contributed by atoms with Gasteiger partial charge in [-0.2, -0.15) is 0 Å². The fraction of sp³-hybridized carbons (Fsp3) is 0.438. The number of hydrogen-bond acceptors (Lipinski definition) is 3. The molecule has 0 aliphatic heterocycles. The lowest BCUT2D eigenvalue weighted by molar-refractivity contribution is -0.157. The quantitative estimate of drug-likeness (QED) is 0.759. The SMILES string of the molecule is O=C(CC1(C(=O)O)CCC1)NCCc1nc2ccc(F)cc2[nH]1. The molecule has 1 fully saturated rings. The van der Waals surface area contributed by atoms with Crippen LogP contribution in [0.2, 0.25) is 0 Å². The Labute approximate surface area is 132 Å². The molecule has 0 spiro atoms. The number of amides is 1. The van der Waals surface area contributed by atoms with E-state index in [4.69, 9.17) is 0 Å². The van der Waals surface area contributed by atoms with Crippen molar-refractivity contribution in [3.05, 3.63) is 29.8 Å². The van der Waals surface area contributed by atoms with Crippen molar-refractivity contribution < 1.29 is 19.1 Å². The van der Waals surface area contributed by atoms with Crippen molar-refractivity contribution in [1.29, 1.82) is 0 Å². The van der Waals surface area contributed by atoms with Gasteiger partial charge in [0.25, 0.3) is 0 Å². The first kappa shape index (κ1) is 15.5. The number of carboxylic acids is 1. The number of carbonyl (C=O) groups is 2. The molecule has 0 saturated heterocycles. The molecule has 1 heterocycles. The van der Waals surface area contributed by atoms with E-state index in [0.717, 1.165) is 6.42 Å². The second-order valence-electron chi connectivity index (χ2n) is 6.06. The third-order valence-electron chi connectivity index (χ3n) is 4.44. The number of nitrogens with one attached hydrogen (secondary N) is 2. The van der Waals surface area contributed by atoms with Crippen LogP contribution in [0.3, 0.4) is 0 Å². The zero-order chi connectivity index (χ0) is 16.4. The summed E-state index contributed by atoms with van der Waals surface area (Å²) in [6, 6.07) is 4.31. The molecule has 0 unspecified atom stereocenters. The maximum atomic E-state index is 13.1. The number of benzene rings is 1. The van der Waals surface area contributed by atoms with Gasteiger partial charge in [-0.15, -0.1) is 0 Å². The van der Waals surface area contributed by atoms with E-state index >= 15 is 0 Å². The summed E-state index contributed by atoms with van der Waals surface area (Å²) in [5.41, 5.74) is 0.415. The molecule has 3 rings (SSSR count). The van der Waals surface area contributed by atoms with Crippen LogP contribution in [0.4, 0.5) is 4.39 Å². The largest absolute Gasteiger partial charge is 0.481 e. The van der Waals surface area contributed by atoms with Crippen LogP contribution >= 0.6 is 0 Å². The molecule has 1 aromatic carbocycles. The molecular weight excluding hydrogens is 301 g/mol. The van der Waals surface area contributed by atoms with Gasteiger partial charge in [0.05, 0.1) is 16.4 Å². The fourth-order valence-electron chi connectivity index (χ4n) is 2.91. The molecule has 0 radical (unpaired) electrons. The maximum Gasteiger partial charge on any atom is 0.310 e. The highest BCUT2D eigenvalue weighted by molar-refractivity contribution is 5.85. The Kier molecular flexibility index (Phi) is 4.02. The Morgan fingerprint density at radius 1 is 1.39 bits per heavy atom. The Balaban J connectivity index is 1.52. The van der Waals surface area contributed by atoms with Gasteiger partial charge in [-0.1, -0.05) is 6.42 Å². The van der Waals surface area contributed by atoms with E-state index in [9.17, 15) is 19.1 Å². The minimum Gasteiger partial charge on any atom is -0.481 e. The van der Waals surface area contributed by atoms with Crippen LogP contribution in [0.25, 0.3) is 11.0 Å². The first-order valence-corrected chi connectivity index (χ1v) is 7.63. The van der Waals surface area contributed by atoms with Crippen molar-refractivity contribution in [2.24, 2.45) is 5.41 Å². The molecule has 23 heavy (non-hydrogen) atoms. The average Bonchev–Trinajstić information content (AvgIpc) is 2.84. The summed E-state index contributed by atoms with van der Waals surface area (Å²) >= 11 is 0. The summed E-state index contributed by atoms with van der Waals surface area (Å²) in [6.07, 6.45) is 2.47. The van der Waals surface area contributed by atoms with Crippen molar-refractivity contribution >= 4 is 22.9 Å². The van der Waals surface area contributed by atoms with Gasteiger partial charge < -0.3 is 15.4 Å². The Morgan fingerprint density at radius 2 is 2.17 bits per heavy atom. The van der Waals surface area contributed by atoms with Crippen molar-refractivity contribution in [1.82, 2.24) is 15.3 Å². The second kappa shape index (κ2) is 5.98.